The van der Waals surface area contributed by atoms with E-state index in [0.29, 0.717) is 5.75 Å². The molecule has 5 heteroatoms. The van der Waals surface area contributed by atoms with E-state index in [1.165, 1.54) is 0 Å². The molecule has 0 saturated carbocycles. The molecule has 0 heterocycles. The van der Waals surface area contributed by atoms with Crippen molar-refractivity contribution in [2.75, 3.05) is 6.61 Å². The van der Waals surface area contributed by atoms with E-state index in [1.54, 1.807) is 19.1 Å². The van der Waals surface area contributed by atoms with Crippen molar-refractivity contribution in [3.63, 3.8) is 0 Å². The summed E-state index contributed by atoms with van der Waals surface area (Å²) >= 11 is 0. The van der Waals surface area contributed by atoms with Gasteiger partial charge in [0.2, 0.25) is 0 Å². The predicted octanol–water partition coefficient (Wildman–Crippen LogP) is 4.08. The van der Waals surface area contributed by atoms with Crippen LogP contribution in [-0.4, -0.2) is 11.7 Å². The standard InChI is InChI=1S/C19H17F2NO2/c1-19(22,11-23)14-4-2-13-7-17(5-3-12(13)6-14)24-18-9-15(20)8-16(21)10-18/h2-10,23H,11,22H2,1H3. The van der Waals surface area contributed by atoms with Crippen LogP contribution in [-0.2, 0) is 5.54 Å². The third-order valence-electron chi connectivity index (χ3n) is 3.87. The number of benzene rings is 3. The zero-order chi connectivity index (χ0) is 17.3. The lowest BCUT2D eigenvalue weighted by Crippen LogP contribution is -2.36. The van der Waals surface area contributed by atoms with Crippen molar-refractivity contribution < 1.29 is 18.6 Å². The molecule has 0 saturated heterocycles. The van der Waals surface area contributed by atoms with Crippen molar-refractivity contribution in [1.29, 1.82) is 0 Å². The highest BCUT2D eigenvalue weighted by Gasteiger charge is 2.20. The molecule has 124 valence electrons. The number of halogens is 2. The van der Waals surface area contributed by atoms with Crippen molar-refractivity contribution in [3.8, 4) is 11.5 Å². The topological polar surface area (TPSA) is 55.5 Å². The SMILES string of the molecule is CC(N)(CO)c1ccc2cc(Oc3cc(F)cc(F)c3)ccc2c1. The van der Waals surface area contributed by atoms with Crippen LogP contribution in [0.1, 0.15) is 12.5 Å². The molecule has 1 unspecified atom stereocenters. The molecule has 0 fully saturated rings. The van der Waals surface area contributed by atoms with Crippen molar-refractivity contribution in [1.82, 2.24) is 0 Å². The molecule has 0 aliphatic rings. The van der Waals surface area contributed by atoms with Crippen LogP contribution in [0.5, 0.6) is 11.5 Å². The number of aliphatic hydroxyl groups excluding tert-OH is 1. The van der Waals surface area contributed by atoms with Gasteiger partial charge in [0.25, 0.3) is 0 Å². The average Bonchev–Trinajstić information content (AvgIpc) is 2.53. The number of nitrogens with two attached hydrogens (primary N) is 1. The fourth-order valence-electron chi connectivity index (χ4n) is 2.46. The third-order valence-corrected chi connectivity index (χ3v) is 3.87. The van der Waals surface area contributed by atoms with Crippen LogP contribution in [0.4, 0.5) is 8.78 Å². The van der Waals surface area contributed by atoms with Crippen molar-refractivity contribution >= 4 is 10.8 Å². The van der Waals surface area contributed by atoms with E-state index in [2.05, 4.69) is 0 Å². The van der Waals surface area contributed by atoms with Gasteiger partial charge in [0, 0.05) is 18.2 Å². The summed E-state index contributed by atoms with van der Waals surface area (Å²) in [5.41, 5.74) is 6.04. The Morgan fingerprint density at radius 2 is 1.54 bits per heavy atom. The number of rotatable bonds is 4. The first-order valence-electron chi connectivity index (χ1n) is 7.45. The zero-order valence-corrected chi connectivity index (χ0v) is 13.1. The van der Waals surface area contributed by atoms with E-state index in [-0.39, 0.29) is 12.4 Å². The van der Waals surface area contributed by atoms with Crippen molar-refractivity contribution in [3.05, 3.63) is 71.8 Å². The minimum atomic E-state index is -0.817. The first-order valence-corrected chi connectivity index (χ1v) is 7.45. The fraction of sp³-hybridized carbons (Fsp3) is 0.158. The third kappa shape index (κ3) is 3.37. The summed E-state index contributed by atoms with van der Waals surface area (Å²) in [5.74, 6) is -0.820. The number of ether oxygens (including phenoxy) is 1. The number of fused-ring (bicyclic) bond motifs is 1. The molecule has 0 aliphatic heterocycles. The van der Waals surface area contributed by atoms with Gasteiger partial charge in [-0.05, 0) is 41.5 Å². The molecule has 24 heavy (non-hydrogen) atoms. The second-order valence-corrected chi connectivity index (χ2v) is 6.01. The van der Waals surface area contributed by atoms with Gasteiger partial charge >= 0.3 is 0 Å². The van der Waals surface area contributed by atoms with E-state index in [9.17, 15) is 13.9 Å². The molecule has 3 nitrogen and oxygen atoms in total. The summed E-state index contributed by atoms with van der Waals surface area (Å²) in [6, 6.07) is 14.0. The molecule has 0 bridgehead atoms. The van der Waals surface area contributed by atoms with Crippen LogP contribution in [0.15, 0.2) is 54.6 Å². The normalized spacial score (nSPS) is 13.7. The molecular formula is C19H17F2NO2. The molecule has 3 aromatic rings. The fourth-order valence-corrected chi connectivity index (χ4v) is 2.46. The van der Waals surface area contributed by atoms with Gasteiger partial charge < -0.3 is 15.6 Å². The van der Waals surface area contributed by atoms with Gasteiger partial charge in [-0.3, -0.25) is 0 Å². The molecule has 3 rings (SSSR count). The molecule has 3 N–H and O–H groups in total. The lowest BCUT2D eigenvalue weighted by Gasteiger charge is -2.22. The molecule has 0 spiro atoms. The highest BCUT2D eigenvalue weighted by molar-refractivity contribution is 5.84. The number of hydrogen-bond donors (Lipinski definition) is 2. The molecule has 0 aromatic heterocycles. The molecular weight excluding hydrogens is 312 g/mol. The second kappa shape index (κ2) is 6.19. The van der Waals surface area contributed by atoms with Crippen LogP contribution in [0.2, 0.25) is 0 Å². The van der Waals surface area contributed by atoms with E-state index in [4.69, 9.17) is 10.5 Å². The van der Waals surface area contributed by atoms with Crippen molar-refractivity contribution in [2.24, 2.45) is 5.73 Å². The summed E-state index contributed by atoms with van der Waals surface area (Å²) in [4.78, 5) is 0. The molecule has 0 radical (unpaired) electrons. The maximum atomic E-state index is 13.2. The maximum absolute atomic E-state index is 13.2. The lowest BCUT2D eigenvalue weighted by molar-refractivity contribution is 0.210. The van der Waals surface area contributed by atoms with Crippen LogP contribution >= 0.6 is 0 Å². The van der Waals surface area contributed by atoms with E-state index >= 15 is 0 Å². The molecule has 0 amide bonds. The molecule has 0 aliphatic carbocycles. The highest BCUT2D eigenvalue weighted by Crippen LogP contribution is 2.29. The van der Waals surface area contributed by atoms with Gasteiger partial charge in [0.15, 0.2) is 0 Å². The number of aliphatic hydroxyl groups is 1. The first kappa shape index (κ1) is 16.4. The van der Waals surface area contributed by atoms with Crippen molar-refractivity contribution in [2.45, 2.75) is 12.5 Å². The van der Waals surface area contributed by atoms with E-state index in [1.807, 2.05) is 24.3 Å². The van der Waals surface area contributed by atoms with Gasteiger partial charge in [-0.1, -0.05) is 18.2 Å². The minimum Gasteiger partial charge on any atom is -0.457 e. The Morgan fingerprint density at radius 1 is 0.917 bits per heavy atom. The summed E-state index contributed by atoms with van der Waals surface area (Å²) < 4.78 is 32.0. The Labute approximate surface area is 138 Å². The van der Waals surface area contributed by atoms with Crippen LogP contribution in [0.3, 0.4) is 0 Å². The van der Waals surface area contributed by atoms with Gasteiger partial charge in [-0.25, -0.2) is 8.78 Å². The zero-order valence-electron chi connectivity index (χ0n) is 13.1. The van der Waals surface area contributed by atoms with Crippen LogP contribution in [0.25, 0.3) is 10.8 Å². The van der Waals surface area contributed by atoms with Gasteiger partial charge in [0.1, 0.15) is 23.1 Å². The maximum Gasteiger partial charge on any atom is 0.133 e. The van der Waals surface area contributed by atoms with E-state index in [0.717, 1.165) is 34.5 Å². The van der Waals surface area contributed by atoms with Gasteiger partial charge in [-0.15, -0.1) is 0 Å². The minimum absolute atomic E-state index is 0.0956. The first-order chi connectivity index (χ1) is 11.4. The predicted molar refractivity (Wildman–Crippen MR) is 89.0 cm³/mol. The molecule has 3 aromatic carbocycles. The Morgan fingerprint density at radius 3 is 2.21 bits per heavy atom. The quantitative estimate of drug-likeness (QED) is 0.758. The largest absolute Gasteiger partial charge is 0.457 e. The molecule has 1 atom stereocenters. The smallest absolute Gasteiger partial charge is 0.133 e. The van der Waals surface area contributed by atoms with Crippen LogP contribution in [0, 0.1) is 11.6 Å². The summed E-state index contributed by atoms with van der Waals surface area (Å²) in [6.45, 7) is 1.59. The second-order valence-electron chi connectivity index (χ2n) is 6.01. The average molecular weight is 329 g/mol. The van der Waals surface area contributed by atoms with Gasteiger partial charge in [-0.2, -0.15) is 0 Å². The summed E-state index contributed by atoms with van der Waals surface area (Å²) in [7, 11) is 0. The monoisotopic (exact) mass is 329 g/mol. The van der Waals surface area contributed by atoms with Gasteiger partial charge in [0.05, 0.1) is 12.1 Å². The van der Waals surface area contributed by atoms with E-state index < -0.39 is 17.2 Å². The summed E-state index contributed by atoms with van der Waals surface area (Å²) in [5, 5.41) is 11.2. The Balaban J connectivity index is 1.93. The summed E-state index contributed by atoms with van der Waals surface area (Å²) in [6.07, 6.45) is 0. The Kier molecular flexibility index (Phi) is 4.22. The lowest BCUT2D eigenvalue weighted by atomic mass is 9.92. The highest BCUT2D eigenvalue weighted by atomic mass is 19.1. The van der Waals surface area contributed by atoms with Crippen LogP contribution < -0.4 is 10.5 Å². The Bertz CT molecular complexity index is 873. The number of hydrogen-bond acceptors (Lipinski definition) is 3. The Hall–Kier alpha value is -2.50.